The van der Waals surface area contributed by atoms with Crippen molar-refractivity contribution in [2.24, 2.45) is 0 Å². The molecule has 1 aliphatic heterocycles. The number of likely N-dealkylation sites (N-methyl/N-ethyl adjacent to an activating group) is 1. The van der Waals surface area contributed by atoms with Crippen molar-refractivity contribution >= 4 is 29.2 Å². The second-order valence-corrected chi connectivity index (χ2v) is 9.68. The van der Waals surface area contributed by atoms with Crippen molar-refractivity contribution in [1.29, 1.82) is 0 Å². The minimum Gasteiger partial charge on any atom is -0.454 e. The van der Waals surface area contributed by atoms with Gasteiger partial charge in [0.25, 0.3) is 0 Å². The summed E-state index contributed by atoms with van der Waals surface area (Å²) < 4.78 is 10.6. The summed E-state index contributed by atoms with van der Waals surface area (Å²) in [6.07, 6.45) is 3.20. The van der Waals surface area contributed by atoms with Crippen molar-refractivity contribution in [3.05, 3.63) is 82.5 Å². The first-order valence-corrected chi connectivity index (χ1v) is 11.9. The van der Waals surface area contributed by atoms with E-state index in [4.69, 9.17) is 9.26 Å². The van der Waals surface area contributed by atoms with Gasteiger partial charge in [-0.2, -0.15) is 0 Å². The van der Waals surface area contributed by atoms with Crippen molar-refractivity contribution in [2.75, 3.05) is 18.6 Å². The van der Waals surface area contributed by atoms with Crippen LogP contribution in [0.25, 0.3) is 0 Å². The van der Waals surface area contributed by atoms with E-state index in [1.54, 1.807) is 24.4 Å². The van der Waals surface area contributed by atoms with Crippen LogP contribution in [0.3, 0.4) is 0 Å². The number of anilines is 1. The Morgan fingerprint density at radius 3 is 2.65 bits per heavy atom. The maximum Gasteiger partial charge on any atom is 0.341 e. The Labute approximate surface area is 203 Å². The van der Waals surface area contributed by atoms with Crippen LogP contribution >= 0.6 is 11.8 Å². The van der Waals surface area contributed by atoms with Gasteiger partial charge in [-0.25, -0.2) is 9.78 Å². The van der Waals surface area contributed by atoms with E-state index in [0.29, 0.717) is 16.3 Å². The van der Waals surface area contributed by atoms with Gasteiger partial charge in [-0.15, -0.1) is 11.8 Å². The first-order valence-electron chi connectivity index (χ1n) is 10.9. The molecular weight excluding hydrogens is 450 g/mol. The third kappa shape index (κ3) is 4.50. The Kier molecular flexibility index (Phi) is 6.61. The lowest BCUT2D eigenvalue weighted by Crippen LogP contribution is -2.25. The molecule has 0 atom stereocenters. The van der Waals surface area contributed by atoms with Crippen LogP contribution in [-0.2, 0) is 20.7 Å². The summed E-state index contributed by atoms with van der Waals surface area (Å²) in [6, 6.07) is 11.4. The topological polar surface area (TPSA) is 85.5 Å². The van der Waals surface area contributed by atoms with Gasteiger partial charge in [0.2, 0.25) is 0 Å². The Hall–Kier alpha value is -3.39. The average Bonchev–Trinajstić information content (AvgIpc) is 3.24. The largest absolute Gasteiger partial charge is 0.454 e. The molecule has 1 aliphatic rings. The van der Waals surface area contributed by atoms with E-state index in [9.17, 15) is 9.59 Å². The normalized spacial score (nSPS) is 15.4. The van der Waals surface area contributed by atoms with E-state index in [1.807, 2.05) is 44.0 Å². The molecule has 0 N–H and O–H groups in total. The maximum absolute atomic E-state index is 12.8. The number of carbonyl (C=O) groups excluding carboxylic acids is 2. The van der Waals surface area contributed by atoms with Crippen LogP contribution in [-0.4, -0.2) is 35.5 Å². The summed E-state index contributed by atoms with van der Waals surface area (Å²) >= 11 is 1.40. The van der Waals surface area contributed by atoms with Crippen molar-refractivity contribution in [1.82, 2.24) is 10.1 Å². The van der Waals surface area contributed by atoms with Crippen LogP contribution in [0, 0.1) is 13.8 Å². The second-order valence-electron chi connectivity index (χ2n) is 8.72. The third-order valence-corrected chi connectivity index (χ3v) is 7.14. The lowest BCUT2D eigenvalue weighted by atomic mass is 9.83. The quantitative estimate of drug-likeness (QED) is 0.267. The number of pyridine rings is 1. The lowest BCUT2D eigenvalue weighted by molar-refractivity contribution is -0.117. The van der Waals surface area contributed by atoms with Crippen LogP contribution < -0.4 is 4.90 Å². The van der Waals surface area contributed by atoms with Crippen molar-refractivity contribution < 1.29 is 18.8 Å². The molecular formula is C26H27N3O4S. The van der Waals surface area contributed by atoms with E-state index < -0.39 is 5.97 Å². The average molecular weight is 478 g/mol. The number of hydrogen-bond acceptors (Lipinski definition) is 8. The van der Waals surface area contributed by atoms with Crippen LogP contribution in [0.2, 0.25) is 0 Å². The van der Waals surface area contributed by atoms with Crippen LogP contribution in [0.5, 0.6) is 0 Å². The molecule has 0 spiro atoms. The molecule has 0 radical (unpaired) electrons. The van der Waals surface area contributed by atoms with Crippen LogP contribution in [0.15, 0.2) is 63.9 Å². The number of aromatic nitrogens is 2. The molecule has 0 aliphatic carbocycles. The molecule has 2 aromatic heterocycles. The number of fused-ring (bicyclic) bond motifs is 1. The molecule has 3 heterocycles. The molecule has 8 heteroatoms. The zero-order chi connectivity index (χ0) is 24.5. The number of carbonyl (C=O) groups is 2. The molecule has 3 aromatic rings. The van der Waals surface area contributed by atoms with E-state index in [2.05, 4.69) is 30.1 Å². The highest BCUT2D eigenvalue weighted by atomic mass is 32.2. The fourth-order valence-corrected chi connectivity index (χ4v) is 5.31. The molecule has 0 fully saturated rings. The van der Waals surface area contributed by atoms with Gasteiger partial charge in [0, 0.05) is 47.4 Å². The number of thioether (sulfide) groups is 1. The van der Waals surface area contributed by atoms with E-state index >= 15 is 0 Å². The van der Waals surface area contributed by atoms with E-state index in [1.165, 1.54) is 11.8 Å². The number of para-hydroxylation sites is 1. The van der Waals surface area contributed by atoms with Crippen molar-refractivity contribution in [3.63, 3.8) is 0 Å². The number of aryl methyl sites for hydroxylation is 2. The number of ketones is 1. The Morgan fingerprint density at radius 1 is 1.18 bits per heavy atom. The highest BCUT2D eigenvalue weighted by Crippen LogP contribution is 2.46. The maximum atomic E-state index is 12.8. The van der Waals surface area contributed by atoms with Gasteiger partial charge in [0.1, 0.15) is 10.8 Å². The number of benzene rings is 1. The molecule has 176 valence electrons. The molecule has 0 saturated heterocycles. The van der Waals surface area contributed by atoms with E-state index in [-0.39, 0.29) is 17.8 Å². The second kappa shape index (κ2) is 9.46. The minimum absolute atomic E-state index is 0.273. The number of esters is 1. The molecule has 1 aromatic carbocycles. The van der Waals surface area contributed by atoms with E-state index in [0.717, 1.165) is 34.0 Å². The summed E-state index contributed by atoms with van der Waals surface area (Å²) in [5.41, 5.74) is 4.88. The molecule has 4 rings (SSSR count). The fraction of sp³-hybridized carbons (Fsp3) is 0.308. The first kappa shape index (κ1) is 23.8. The smallest absolute Gasteiger partial charge is 0.341 e. The third-order valence-electron chi connectivity index (χ3n) is 6.11. The van der Waals surface area contributed by atoms with Gasteiger partial charge in [-0.05, 0) is 37.6 Å². The zero-order valence-electron chi connectivity index (χ0n) is 19.9. The van der Waals surface area contributed by atoms with Gasteiger partial charge in [-0.3, -0.25) is 4.79 Å². The summed E-state index contributed by atoms with van der Waals surface area (Å²) in [7, 11) is 1.94. The highest BCUT2D eigenvalue weighted by Gasteiger charge is 2.38. The standard InChI is InChI=1S/C26H27N3O4S/c1-16-20(17(2)33-28-16)15-34-24-19(9-8-12-27-24)25(31)32-14-18(30)13-23-26(3,4)21-10-6-7-11-22(21)29(23)5/h6-13H,14-15H2,1-5H3/b23-13-. The number of hydrogen-bond donors (Lipinski definition) is 0. The van der Waals surface area contributed by atoms with Gasteiger partial charge in [0.05, 0.1) is 11.3 Å². The van der Waals surface area contributed by atoms with Gasteiger partial charge in [0.15, 0.2) is 12.4 Å². The zero-order valence-corrected chi connectivity index (χ0v) is 20.7. The Bertz CT molecular complexity index is 1260. The minimum atomic E-state index is -0.580. The molecule has 7 nitrogen and oxygen atoms in total. The number of nitrogens with zero attached hydrogens (tertiary/aromatic N) is 3. The SMILES string of the molecule is Cc1noc(C)c1CSc1ncccc1C(=O)OCC(=O)/C=C1\N(C)c2ccccc2C1(C)C. The summed E-state index contributed by atoms with van der Waals surface area (Å²) in [5.74, 6) is 0.449. The molecule has 0 amide bonds. The van der Waals surface area contributed by atoms with Crippen molar-refractivity contribution in [3.8, 4) is 0 Å². The predicted molar refractivity (Wildman–Crippen MR) is 131 cm³/mol. The lowest BCUT2D eigenvalue weighted by Gasteiger charge is -2.23. The monoisotopic (exact) mass is 477 g/mol. The Balaban J connectivity index is 1.43. The highest BCUT2D eigenvalue weighted by molar-refractivity contribution is 7.98. The first-order chi connectivity index (χ1) is 16.2. The molecule has 0 unspecified atom stereocenters. The van der Waals surface area contributed by atoms with Gasteiger partial charge < -0.3 is 14.2 Å². The van der Waals surface area contributed by atoms with Gasteiger partial charge in [-0.1, -0.05) is 37.2 Å². The van der Waals surface area contributed by atoms with Crippen molar-refractivity contribution in [2.45, 2.75) is 43.9 Å². The predicted octanol–water partition coefficient (Wildman–Crippen LogP) is 5.02. The molecule has 34 heavy (non-hydrogen) atoms. The summed E-state index contributed by atoms with van der Waals surface area (Å²) in [6.45, 7) is 7.55. The number of rotatable bonds is 7. The van der Waals surface area contributed by atoms with Gasteiger partial charge >= 0.3 is 5.97 Å². The Morgan fingerprint density at radius 2 is 1.94 bits per heavy atom. The summed E-state index contributed by atoms with van der Waals surface area (Å²) in [5, 5.41) is 4.49. The molecule has 0 bridgehead atoms. The molecule has 0 saturated carbocycles. The summed E-state index contributed by atoms with van der Waals surface area (Å²) in [4.78, 5) is 31.9. The number of allylic oxidation sites excluding steroid dienone is 1. The fourth-order valence-electron chi connectivity index (χ4n) is 4.18. The number of ether oxygens (including phenoxy) is 1. The van der Waals surface area contributed by atoms with Crippen LogP contribution in [0.1, 0.15) is 46.8 Å². The van der Waals surface area contributed by atoms with Crippen LogP contribution in [0.4, 0.5) is 5.69 Å².